The fraction of sp³-hybridized carbons (Fsp3) is 0.900. The van der Waals surface area contributed by atoms with E-state index in [0.29, 0.717) is 11.7 Å². The Balaban J connectivity index is 1.39. The molecule has 0 spiro atoms. The first-order chi connectivity index (χ1) is 10.7. The third kappa shape index (κ3) is 4.40. The third-order valence-electron chi connectivity index (χ3n) is 6.64. The molecule has 0 aliphatic heterocycles. The van der Waals surface area contributed by atoms with E-state index in [0.717, 1.165) is 43.4 Å². The summed E-state index contributed by atoms with van der Waals surface area (Å²) >= 11 is 5.55. The van der Waals surface area contributed by atoms with Gasteiger partial charge in [0.15, 0.2) is 0 Å². The Labute approximate surface area is 141 Å². The van der Waals surface area contributed by atoms with Crippen LogP contribution in [0.5, 0.6) is 0 Å². The van der Waals surface area contributed by atoms with Crippen LogP contribution >= 0.6 is 12.2 Å². The van der Waals surface area contributed by atoms with Gasteiger partial charge in [-0.1, -0.05) is 63.6 Å². The molecule has 3 unspecified atom stereocenters. The molecule has 0 radical (unpaired) electrons. The second-order valence-corrected chi connectivity index (χ2v) is 8.75. The number of carbonyl (C=O) groups is 1. The van der Waals surface area contributed by atoms with Crippen molar-refractivity contribution in [1.82, 2.24) is 0 Å². The van der Waals surface area contributed by atoms with Gasteiger partial charge in [0.1, 0.15) is 5.78 Å². The van der Waals surface area contributed by atoms with Gasteiger partial charge < -0.3 is 0 Å². The van der Waals surface area contributed by atoms with Gasteiger partial charge in [-0.3, -0.25) is 4.79 Å². The molecule has 22 heavy (non-hydrogen) atoms. The van der Waals surface area contributed by atoms with Crippen LogP contribution in [0.15, 0.2) is 0 Å². The summed E-state index contributed by atoms with van der Waals surface area (Å²) < 4.78 is 0. The van der Waals surface area contributed by atoms with Crippen molar-refractivity contribution in [3.63, 3.8) is 0 Å². The van der Waals surface area contributed by atoms with Crippen molar-refractivity contribution in [2.75, 3.05) is 0 Å². The number of hydrogen-bond acceptors (Lipinski definition) is 2. The van der Waals surface area contributed by atoms with Crippen molar-refractivity contribution in [2.24, 2.45) is 23.7 Å². The van der Waals surface area contributed by atoms with E-state index >= 15 is 0 Å². The number of fused-ring (bicyclic) bond motifs is 1. The second kappa shape index (κ2) is 8.04. The summed E-state index contributed by atoms with van der Waals surface area (Å²) in [6.45, 7) is 0. The van der Waals surface area contributed by atoms with Crippen LogP contribution in [0.1, 0.15) is 89.9 Å². The second-order valence-electron chi connectivity index (χ2n) is 8.17. The molecule has 124 valence electrons. The molecule has 0 aromatic carbocycles. The summed E-state index contributed by atoms with van der Waals surface area (Å²) in [4.78, 5) is 13.7. The lowest BCUT2D eigenvalue weighted by molar-refractivity contribution is -0.124. The first kappa shape index (κ1) is 16.6. The molecule has 0 heterocycles. The fourth-order valence-corrected chi connectivity index (χ4v) is 5.61. The van der Waals surface area contributed by atoms with Crippen LogP contribution < -0.4 is 0 Å². The highest BCUT2D eigenvalue weighted by Gasteiger charge is 2.34. The SMILES string of the molecule is O=C(CCC(=S)CC1CCCC1)C1CCC2CCCCC2C1. The number of thiocarbonyl (C=S) groups is 1. The summed E-state index contributed by atoms with van der Waals surface area (Å²) in [7, 11) is 0. The first-order valence-corrected chi connectivity index (χ1v) is 10.2. The number of hydrogen-bond donors (Lipinski definition) is 0. The summed E-state index contributed by atoms with van der Waals surface area (Å²) in [6, 6.07) is 0. The van der Waals surface area contributed by atoms with Crippen molar-refractivity contribution in [1.29, 1.82) is 0 Å². The highest BCUT2D eigenvalue weighted by molar-refractivity contribution is 7.80. The highest BCUT2D eigenvalue weighted by atomic mass is 32.1. The summed E-state index contributed by atoms with van der Waals surface area (Å²) in [5, 5.41) is 0. The van der Waals surface area contributed by atoms with Gasteiger partial charge >= 0.3 is 0 Å². The van der Waals surface area contributed by atoms with Crippen molar-refractivity contribution in [2.45, 2.75) is 89.9 Å². The zero-order valence-corrected chi connectivity index (χ0v) is 14.8. The van der Waals surface area contributed by atoms with E-state index in [4.69, 9.17) is 12.2 Å². The van der Waals surface area contributed by atoms with Crippen LogP contribution in [-0.2, 0) is 4.79 Å². The minimum Gasteiger partial charge on any atom is -0.299 e. The molecular weight excluding hydrogens is 288 g/mol. The monoisotopic (exact) mass is 320 g/mol. The molecule has 3 aliphatic rings. The third-order valence-corrected chi connectivity index (χ3v) is 7.01. The lowest BCUT2D eigenvalue weighted by Gasteiger charge is -2.38. The average molecular weight is 321 g/mol. The summed E-state index contributed by atoms with van der Waals surface area (Å²) in [5.41, 5.74) is 0. The van der Waals surface area contributed by atoms with Gasteiger partial charge in [0.2, 0.25) is 0 Å². The Morgan fingerprint density at radius 3 is 2.27 bits per heavy atom. The number of carbonyl (C=O) groups excluding carboxylic acids is 1. The number of rotatable bonds is 6. The van der Waals surface area contributed by atoms with Crippen LogP contribution in [0.4, 0.5) is 0 Å². The normalized spacial score (nSPS) is 32.6. The molecule has 3 saturated carbocycles. The zero-order valence-electron chi connectivity index (χ0n) is 14.0. The van der Waals surface area contributed by atoms with Gasteiger partial charge in [-0.15, -0.1) is 0 Å². The molecule has 3 aliphatic carbocycles. The van der Waals surface area contributed by atoms with Crippen LogP contribution in [0, 0.1) is 23.7 Å². The number of ketones is 1. The van der Waals surface area contributed by atoms with Crippen LogP contribution in [0.2, 0.25) is 0 Å². The van der Waals surface area contributed by atoms with Gasteiger partial charge in [-0.25, -0.2) is 0 Å². The van der Waals surface area contributed by atoms with E-state index in [1.165, 1.54) is 69.1 Å². The molecule has 0 bridgehead atoms. The molecule has 3 atom stereocenters. The Kier molecular flexibility index (Phi) is 6.07. The van der Waals surface area contributed by atoms with Crippen LogP contribution in [0.25, 0.3) is 0 Å². The molecule has 0 aromatic rings. The van der Waals surface area contributed by atoms with Gasteiger partial charge in [0.05, 0.1) is 0 Å². The highest BCUT2D eigenvalue weighted by Crippen LogP contribution is 2.43. The maximum absolute atomic E-state index is 12.6. The largest absolute Gasteiger partial charge is 0.299 e. The topological polar surface area (TPSA) is 17.1 Å². The summed E-state index contributed by atoms with van der Waals surface area (Å²) in [5.74, 6) is 3.54. The molecule has 3 fully saturated rings. The lowest BCUT2D eigenvalue weighted by atomic mass is 9.66. The molecule has 2 heteroatoms. The molecule has 0 amide bonds. The standard InChI is InChI=1S/C20H32OS/c21-20(12-11-19(22)13-15-5-1-2-6-15)18-10-9-16-7-3-4-8-17(16)14-18/h15-18H,1-14H2. The van der Waals surface area contributed by atoms with Crippen molar-refractivity contribution < 1.29 is 4.79 Å². The Bertz CT molecular complexity index is 397. The predicted molar refractivity (Wildman–Crippen MR) is 96.2 cm³/mol. The van der Waals surface area contributed by atoms with E-state index in [2.05, 4.69) is 0 Å². The van der Waals surface area contributed by atoms with E-state index in [9.17, 15) is 4.79 Å². The van der Waals surface area contributed by atoms with Crippen molar-refractivity contribution in [3.05, 3.63) is 0 Å². The molecule has 3 rings (SSSR count). The van der Waals surface area contributed by atoms with Gasteiger partial charge in [0, 0.05) is 12.3 Å². The van der Waals surface area contributed by atoms with Gasteiger partial charge in [0.25, 0.3) is 0 Å². The van der Waals surface area contributed by atoms with Crippen LogP contribution in [0.3, 0.4) is 0 Å². The van der Waals surface area contributed by atoms with E-state index in [-0.39, 0.29) is 0 Å². The van der Waals surface area contributed by atoms with Gasteiger partial charge in [-0.2, -0.15) is 0 Å². The maximum atomic E-state index is 12.6. The minimum atomic E-state index is 0.369. The molecule has 0 aromatic heterocycles. The van der Waals surface area contributed by atoms with Crippen molar-refractivity contribution in [3.8, 4) is 0 Å². The van der Waals surface area contributed by atoms with E-state index in [1.807, 2.05) is 0 Å². The van der Waals surface area contributed by atoms with E-state index in [1.54, 1.807) is 0 Å². The Hall–Kier alpha value is -0.240. The Morgan fingerprint density at radius 1 is 0.818 bits per heavy atom. The van der Waals surface area contributed by atoms with E-state index < -0.39 is 0 Å². The fourth-order valence-electron chi connectivity index (χ4n) is 5.27. The van der Waals surface area contributed by atoms with Crippen LogP contribution in [-0.4, -0.2) is 10.6 Å². The molecule has 1 nitrogen and oxygen atoms in total. The minimum absolute atomic E-state index is 0.369. The zero-order chi connectivity index (χ0) is 15.4. The molecule has 0 saturated heterocycles. The first-order valence-electron chi connectivity index (χ1n) is 9.77. The average Bonchev–Trinajstić information content (AvgIpc) is 3.05. The number of Topliss-reactive ketones (excluding diaryl/α,β-unsaturated/α-hetero) is 1. The smallest absolute Gasteiger partial charge is 0.136 e. The van der Waals surface area contributed by atoms with Gasteiger partial charge in [-0.05, 0) is 54.7 Å². The predicted octanol–water partition coefficient (Wildman–Crippen LogP) is 5.89. The lowest BCUT2D eigenvalue weighted by Crippen LogP contribution is -2.31. The summed E-state index contributed by atoms with van der Waals surface area (Å²) in [6.07, 6.45) is 17.5. The maximum Gasteiger partial charge on any atom is 0.136 e. The van der Waals surface area contributed by atoms with Crippen molar-refractivity contribution >= 4 is 22.9 Å². The molecular formula is C20H32OS. The molecule has 0 N–H and O–H groups in total. The Morgan fingerprint density at radius 2 is 1.50 bits per heavy atom. The quantitative estimate of drug-likeness (QED) is 0.567.